The number of hydrogen-bond donors (Lipinski definition) is 2. The molecule has 2 rings (SSSR count). The Hall–Kier alpha value is -2.72. The van der Waals surface area contributed by atoms with Gasteiger partial charge < -0.3 is 24.9 Å². The molecular formula is C16H16ClF3N2O5. The third kappa shape index (κ3) is 6.19. The van der Waals surface area contributed by atoms with Crippen LogP contribution < -0.4 is 15.8 Å². The quantitative estimate of drug-likeness (QED) is 0.712. The van der Waals surface area contributed by atoms with Gasteiger partial charge in [-0.25, -0.2) is 4.79 Å². The Labute approximate surface area is 158 Å². The van der Waals surface area contributed by atoms with Crippen LogP contribution in [0.25, 0.3) is 0 Å². The van der Waals surface area contributed by atoms with E-state index in [0.29, 0.717) is 5.76 Å². The Morgan fingerprint density at radius 3 is 2.48 bits per heavy atom. The molecule has 0 spiro atoms. The van der Waals surface area contributed by atoms with Crippen molar-refractivity contribution < 1.29 is 36.7 Å². The first-order chi connectivity index (χ1) is 12.2. The number of halogens is 4. The molecule has 0 aliphatic carbocycles. The van der Waals surface area contributed by atoms with E-state index in [4.69, 9.17) is 14.9 Å². The molecule has 0 radical (unpaired) electrons. The summed E-state index contributed by atoms with van der Waals surface area (Å²) in [6.45, 7) is -1.51. The van der Waals surface area contributed by atoms with Gasteiger partial charge in [-0.15, -0.1) is 12.4 Å². The number of methoxy groups -OCH3 is 1. The zero-order chi connectivity index (χ0) is 19.3. The highest BCUT2D eigenvalue weighted by atomic mass is 35.5. The van der Waals surface area contributed by atoms with E-state index in [0.717, 1.165) is 19.4 Å². The highest BCUT2D eigenvalue weighted by Gasteiger charge is 2.29. The minimum absolute atomic E-state index is 0. The Balaban J connectivity index is 0.00000364. The molecule has 0 saturated heterocycles. The maximum absolute atomic E-state index is 12.4. The van der Waals surface area contributed by atoms with E-state index in [1.165, 1.54) is 18.2 Å². The number of furan rings is 1. The number of nitrogens with two attached hydrogens (primary N) is 1. The van der Waals surface area contributed by atoms with Gasteiger partial charge in [-0.2, -0.15) is 13.2 Å². The number of benzene rings is 1. The second-order valence-corrected chi connectivity index (χ2v) is 5.07. The average molecular weight is 409 g/mol. The lowest BCUT2D eigenvalue weighted by molar-refractivity contribution is -0.153. The molecule has 0 bridgehead atoms. The van der Waals surface area contributed by atoms with Gasteiger partial charge in [-0.3, -0.25) is 4.79 Å². The van der Waals surface area contributed by atoms with Gasteiger partial charge >= 0.3 is 12.1 Å². The minimum atomic E-state index is -4.59. The molecule has 7 nitrogen and oxygen atoms in total. The highest BCUT2D eigenvalue weighted by molar-refractivity contribution is 6.05. The molecule has 3 N–H and O–H groups in total. The standard InChI is InChI=1S/C16H15F3N2O5.ClH/c1-24-15(23)9-2-3-12(13(5-9)26-8-16(17,18)19)21-14(22)10-4-11(6-20)25-7-10;/h2-5,7H,6,8,20H2,1H3,(H,21,22);1H. The van der Waals surface area contributed by atoms with Crippen LogP contribution in [0.4, 0.5) is 18.9 Å². The summed E-state index contributed by atoms with van der Waals surface area (Å²) in [6, 6.07) is 4.96. The van der Waals surface area contributed by atoms with Crippen molar-refractivity contribution in [3.63, 3.8) is 0 Å². The van der Waals surface area contributed by atoms with Crippen molar-refractivity contribution in [3.8, 4) is 5.75 Å². The minimum Gasteiger partial charge on any atom is -0.482 e. The number of carbonyl (C=O) groups is 2. The zero-order valence-electron chi connectivity index (χ0n) is 14.0. The first-order valence-corrected chi connectivity index (χ1v) is 7.24. The molecule has 0 atom stereocenters. The van der Waals surface area contributed by atoms with E-state index in [9.17, 15) is 22.8 Å². The van der Waals surface area contributed by atoms with Crippen molar-refractivity contribution in [2.75, 3.05) is 19.0 Å². The van der Waals surface area contributed by atoms with Crippen LogP contribution in [-0.2, 0) is 11.3 Å². The van der Waals surface area contributed by atoms with Crippen LogP contribution in [0.1, 0.15) is 26.5 Å². The first-order valence-electron chi connectivity index (χ1n) is 7.24. The smallest absolute Gasteiger partial charge is 0.422 e. The molecule has 1 aromatic carbocycles. The van der Waals surface area contributed by atoms with Crippen molar-refractivity contribution >= 4 is 30.0 Å². The van der Waals surface area contributed by atoms with Gasteiger partial charge in [0.1, 0.15) is 17.8 Å². The molecule has 1 aromatic heterocycles. The molecule has 148 valence electrons. The Morgan fingerprint density at radius 2 is 1.93 bits per heavy atom. The lowest BCUT2D eigenvalue weighted by atomic mass is 10.1. The van der Waals surface area contributed by atoms with Gasteiger partial charge in [0, 0.05) is 0 Å². The average Bonchev–Trinajstić information content (AvgIpc) is 3.08. The summed E-state index contributed by atoms with van der Waals surface area (Å²) in [5.41, 5.74) is 5.43. The summed E-state index contributed by atoms with van der Waals surface area (Å²) in [6.07, 6.45) is -3.43. The van der Waals surface area contributed by atoms with Crippen molar-refractivity contribution in [3.05, 3.63) is 47.4 Å². The van der Waals surface area contributed by atoms with E-state index in [1.807, 2.05) is 0 Å². The van der Waals surface area contributed by atoms with Gasteiger partial charge in [0.25, 0.3) is 5.91 Å². The van der Waals surface area contributed by atoms with Gasteiger partial charge in [0.2, 0.25) is 0 Å². The number of rotatable bonds is 6. The van der Waals surface area contributed by atoms with Crippen LogP contribution in [-0.4, -0.2) is 31.8 Å². The van der Waals surface area contributed by atoms with Crippen LogP contribution in [0.3, 0.4) is 0 Å². The summed E-state index contributed by atoms with van der Waals surface area (Å²) >= 11 is 0. The number of alkyl halides is 3. The Kier molecular flexibility index (Phi) is 7.68. The summed E-state index contributed by atoms with van der Waals surface area (Å²) in [5, 5.41) is 2.40. The zero-order valence-corrected chi connectivity index (χ0v) is 14.8. The molecule has 2 aromatic rings. The van der Waals surface area contributed by atoms with Crippen LogP contribution in [0.5, 0.6) is 5.75 Å². The third-order valence-corrected chi connectivity index (χ3v) is 3.16. The maximum Gasteiger partial charge on any atom is 0.422 e. The SMILES string of the molecule is COC(=O)c1ccc(NC(=O)c2coc(CN)c2)c(OCC(F)(F)F)c1.Cl. The normalized spacial score (nSPS) is 10.7. The molecule has 0 unspecified atom stereocenters. The first kappa shape index (κ1) is 22.3. The Morgan fingerprint density at radius 1 is 1.22 bits per heavy atom. The monoisotopic (exact) mass is 408 g/mol. The number of anilines is 1. The largest absolute Gasteiger partial charge is 0.482 e. The lowest BCUT2D eigenvalue weighted by Gasteiger charge is -2.14. The van der Waals surface area contributed by atoms with E-state index in [-0.39, 0.29) is 41.5 Å². The predicted molar refractivity (Wildman–Crippen MR) is 91.1 cm³/mol. The second kappa shape index (κ2) is 9.28. The fourth-order valence-corrected chi connectivity index (χ4v) is 1.95. The molecule has 27 heavy (non-hydrogen) atoms. The van der Waals surface area contributed by atoms with E-state index in [1.54, 1.807) is 0 Å². The molecule has 1 heterocycles. The predicted octanol–water partition coefficient (Wildman–Crippen LogP) is 3.14. The van der Waals surface area contributed by atoms with Gasteiger partial charge in [-0.1, -0.05) is 0 Å². The Bertz CT molecular complexity index is 808. The van der Waals surface area contributed by atoms with Crippen LogP contribution in [0.2, 0.25) is 0 Å². The summed E-state index contributed by atoms with van der Waals surface area (Å²) < 4.78 is 51.6. The number of carbonyl (C=O) groups excluding carboxylic acids is 2. The van der Waals surface area contributed by atoms with Crippen molar-refractivity contribution in [1.29, 1.82) is 0 Å². The van der Waals surface area contributed by atoms with Gasteiger partial charge in [0.05, 0.1) is 30.5 Å². The molecule has 0 aliphatic heterocycles. The lowest BCUT2D eigenvalue weighted by Crippen LogP contribution is -2.20. The molecule has 0 saturated carbocycles. The van der Waals surface area contributed by atoms with Crippen LogP contribution >= 0.6 is 12.4 Å². The van der Waals surface area contributed by atoms with Gasteiger partial charge in [-0.05, 0) is 24.3 Å². The van der Waals surface area contributed by atoms with Crippen molar-refractivity contribution in [1.82, 2.24) is 0 Å². The molecule has 1 amide bonds. The van der Waals surface area contributed by atoms with E-state index < -0.39 is 24.7 Å². The molecule has 0 fully saturated rings. The molecule has 11 heteroatoms. The maximum atomic E-state index is 12.4. The number of hydrogen-bond acceptors (Lipinski definition) is 6. The number of nitrogens with one attached hydrogen (secondary N) is 1. The highest BCUT2D eigenvalue weighted by Crippen LogP contribution is 2.29. The summed E-state index contributed by atoms with van der Waals surface area (Å²) in [4.78, 5) is 23.7. The second-order valence-electron chi connectivity index (χ2n) is 5.07. The van der Waals surface area contributed by atoms with Crippen LogP contribution in [0.15, 0.2) is 34.9 Å². The fraction of sp³-hybridized carbons (Fsp3) is 0.250. The number of amides is 1. The number of esters is 1. The fourth-order valence-electron chi connectivity index (χ4n) is 1.95. The number of ether oxygens (including phenoxy) is 2. The molecule has 0 aliphatic rings. The van der Waals surface area contributed by atoms with Crippen molar-refractivity contribution in [2.24, 2.45) is 5.73 Å². The van der Waals surface area contributed by atoms with E-state index >= 15 is 0 Å². The summed E-state index contributed by atoms with van der Waals surface area (Å²) in [5.74, 6) is -1.37. The van der Waals surface area contributed by atoms with E-state index in [2.05, 4.69) is 10.1 Å². The molecular weight excluding hydrogens is 393 g/mol. The van der Waals surface area contributed by atoms with Crippen molar-refractivity contribution in [2.45, 2.75) is 12.7 Å². The topological polar surface area (TPSA) is 104 Å². The summed E-state index contributed by atoms with van der Waals surface area (Å²) in [7, 11) is 1.13. The van der Waals surface area contributed by atoms with Crippen LogP contribution in [0, 0.1) is 0 Å². The third-order valence-electron chi connectivity index (χ3n) is 3.16. The van der Waals surface area contributed by atoms with Gasteiger partial charge in [0.15, 0.2) is 6.61 Å².